The summed E-state index contributed by atoms with van der Waals surface area (Å²) >= 11 is 0. The zero-order chi connectivity index (χ0) is 12.7. The van der Waals surface area contributed by atoms with Gasteiger partial charge in [0.1, 0.15) is 0 Å². The largest absolute Gasteiger partial charge is 0.336 e. The summed E-state index contributed by atoms with van der Waals surface area (Å²) in [6.07, 6.45) is 4.71. The molecule has 4 nitrogen and oxygen atoms in total. The maximum absolute atomic E-state index is 12.0. The zero-order valence-electron chi connectivity index (χ0n) is 10.3. The van der Waals surface area contributed by atoms with E-state index in [0.29, 0.717) is 18.7 Å². The summed E-state index contributed by atoms with van der Waals surface area (Å²) in [6, 6.07) is 3.27. The smallest absolute Gasteiger partial charge is 0.295 e. The molecule has 1 rings (SSSR count). The second kappa shape index (κ2) is 6.78. The molecule has 92 valence electrons. The van der Waals surface area contributed by atoms with Crippen molar-refractivity contribution in [3.05, 3.63) is 30.1 Å². The van der Waals surface area contributed by atoms with Gasteiger partial charge in [0.05, 0.1) is 0 Å². The Balaban J connectivity index is 2.77. The third-order valence-corrected chi connectivity index (χ3v) is 2.39. The van der Waals surface area contributed by atoms with Crippen molar-refractivity contribution in [1.82, 2.24) is 9.88 Å². The molecule has 0 radical (unpaired) electrons. The summed E-state index contributed by atoms with van der Waals surface area (Å²) in [5.41, 5.74) is 0.356. The molecule has 0 saturated heterocycles. The van der Waals surface area contributed by atoms with Gasteiger partial charge in [-0.15, -0.1) is 0 Å². The highest BCUT2D eigenvalue weighted by Gasteiger charge is 2.21. The predicted octanol–water partition coefficient (Wildman–Crippen LogP) is 1.91. The van der Waals surface area contributed by atoms with Crippen LogP contribution in [0.1, 0.15) is 37.0 Å². The number of aromatic nitrogens is 1. The average molecular weight is 234 g/mol. The third-order valence-electron chi connectivity index (χ3n) is 2.39. The molecule has 0 saturated carbocycles. The Morgan fingerprint density at radius 1 is 1.24 bits per heavy atom. The number of pyridine rings is 1. The van der Waals surface area contributed by atoms with Crippen LogP contribution in [0.25, 0.3) is 0 Å². The van der Waals surface area contributed by atoms with Crippen LogP contribution in [0.15, 0.2) is 24.5 Å². The number of ketones is 1. The fourth-order valence-electron chi connectivity index (χ4n) is 1.62. The highest BCUT2D eigenvalue weighted by atomic mass is 16.2. The molecule has 1 aromatic rings. The van der Waals surface area contributed by atoms with Crippen molar-refractivity contribution in [1.29, 1.82) is 0 Å². The van der Waals surface area contributed by atoms with Crippen LogP contribution in [-0.2, 0) is 4.79 Å². The lowest BCUT2D eigenvalue weighted by atomic mass is 10.1. The standard InChI is InChI=1S/C13H18N2O2/c1-3-8-15(9-4-2)13(17)12(16)11-6-5-7-14-10-11/h5-7,10H,3-4,8-9H2,1-2H3. The predicted molar refractivity (Wildman–Crippen MR) is 65.7 cm³/mol. The van der Waals surface area contributed by atoms with Gasteiger partial charge >= 0.3 is 0 Å². The molecule has 0 aliphatic rings. The minimum absolute atomic E-state index is 0.356. The monoisotopic (exact) mass is 234 g/mol. The van der Waals surface area contributed by atoms with Gasteiger partial charge < -0.3 is 4.90 Å². The van der Waals surface area contributed by atoms with Crippen molar-refractivity contribution in [2.24, 2.45) is 0 Å². The summed E-state index contributed by atoms with van der Waals surface area (Å²) in [6.45, 7) is 5.23. The van der Waals surface area contributed by atoms with Gasteiger partial charge in [-0.05, 0) is 25.0 Å². The third kappa shape index (κ3) is 3.66. The van der Waals surface area contributed by atoms with E-state index >= 15 is 0 Å². The first-order valence-corrected chi connectivity index (χ1v) is 5.94. The van der Waals surface area contributed by atoms with Crippen LogP contribution >= 0.6 is 0 Å². The van der Waals surface area contributed by atoms with E-state index in [1.54, 1.807) is 23.2 Å². The lowest BCUT2D eigenvalue weighted by molar-refractivity contribution is -0.126. The molecule has 4 heteroatoms. The van der Waals surface area contributed by atoms with Gasteiger partial charge in [0.25, 0.3) is 11.7 Å². The van der Waals surface area contributed by atoms with E-state index in [1.807, 2.05) is 13.8 Å². The Bertz CT molecular complexity index is 370. The topological polar surface area (TPSA) is 50.3 Å². The highest BCUT2D eigenvalue weighted by molar-refractivity contribution is 6.42. The molecule has 0 bridgehead atoms. The van der Waals surface area contributed by atoms with Crippen LogP contribution in [-0.4, -0.2) is 34.7 Å². The quantitative estimate of drug-likeness (QED) is 0.558. The van der Waals surface area contributed by atoms with Crippen LogP contribution in [0.2, 0.25) is 0 Å². The van der Waals surface area contributed by atoms with E-state index in [4.69, 9.17) is 0 Å². The van der Waals surface area contributed by atoms with E-state index in [1.165, 1.54) is 6.20 Å². The Kier molecular flexibility index (Phi) is 5.33. The summed E-state index contributed by atoms with van der Waals surface area (Å²) < 4.78 is 0. The second-order valence-electron chi connectivity index (χ2n) is 3.86. The maximum atomic E-state index is 12.0. The fourth-order valence-corrected chi connectivity index (χ4v) is 1.62. The van der Waals surface area contributed by atoms with Gasteiger partial charge in [-0.1, -0.05) is 13.8 Å². The van der Waals surface area contributed by atoms with Crippen molar-refractivity contribution >= 4 is 11.7 Å². The summed E-state index contributed by atoms with van der Waals surface area (Å²) in [5.74, 6) is -0.901. The van der Waals surface area contributed by atoms with Gasteiger partial charge in [0.15, 0.2) is 0 Å². The Labute approximate surface area is 102 Å². The second-order valence-corrected chi connectivity index (χ2v) is 3.86. The number of hydrogen-bond acceptors (Lipinski definition) is 3. The van der Waals surface area contributed by atoms with Crippen LogP contribution in [0.4, 0.5) is 0 Å². The van der Waals surface area contributed by atoms with Gasteiger partial charge in [0, 0.05) is 31.0 Å². The molecule has 0 unspecified atom stereocenters. The number of amides is 1. The molecule has 0 aliphatic carbocycles. The van der Waals surface area contributed by atoms with Crippen molar-refractivity contribution < 1.29 is 9.59 Å². The molecule has 1 aromatic heterocycles. The molecular weight excluding hydrogens is 216 g/mol. The average Bonchev–Trinajstić information content (AvgIpc) is 2.38. The molecular formula is C13H18N2O2. The van der Waals surface area contributed by atoms with Crippen molar-refractivity contribution in [3.63, 3.8) is 0 Å². The Morgan fingerprint density at radius 2 is 1.88 bits per heavy atom. The SMILES string of the molecule is CCCN(CCC)C(=O)C(=O)c1cccnc1. The van der Waals surface area contributed by atoms with Crippen LogP contribution in [0, 0.1) is 0 Å². The molecule has 1 amide bonds. The lowest BCUT2D eigenvalue weighted by Gasteiger charge is -2.20. The summed E-state index contributed by atoms with van der Waals surface area (Å²) in [5, 5.41) is 0. The zero-order valence-corrected chi connectivity index (χ0v) is 10.3. The summed E-state index contributed by atoms with van der Waals surface area (Å²) in [7, 11) is 0. The number of carbonyl (C=O) groups is 2. The first kappa shape index (κ1) is 13.4. The highest BCUT2D eigenvalue weighted by Crippen LogP contribution is 2.03. The lowest BCUT2D eigenvalue weighted by Crippen LogP contribution is -2.37. The Hall–Kier alpha value is -1.71. The van der Waals surface area contributed by atoms with Gasteiger partial charge in [-0.3, -0.25) is 14.6 Å². The number of nitrogens with zero attached hydrogens (tertiary/aromatic N) is 2. The van der Waals surface area contributed by atoms with Crippen LogP contribution < -0.4 is 0 Å². The van der Waals surface area contributed by atoms with E-state index in [2.05, 4.69) is 4.98 Å². The normalized spacial score (nSPS) is 10.0. The number of carbonyl (C=O) groups excluding carboxylic acids is 2. The van der Waals surface area contributed by atoms with Gasteiger partial charge in [-0.2, -0.15) is 0 Å². The van der Waals surface area contributed by atoms with Crippen LogP contribution in [0.3, 0.4) is 0 Å². The van der Waals surface area contributed by atoms with E-state index in [0.717, 1.165) is 12.8 Å². The molecule has 0 atom stereocenters. The van der Waals surface area contributed by atoms with Gasteiger partial charge in [-0.25, -0.2) is 0 Å². The van der Waals surface area contributed by atoms with Crippen LogP contribution in [0.5, 0.6) is 0 Å². The van der Waals surface area contributed by atoms with Gasteiger partial charge in [0.2, 0.25) is 0 Å². The van der Waals surface area contributed by atoms with Crippen molar-refractivity contribution in [2.75, 3.05) is 13.1 Å². The van der Waals surface area contributed by atoms with Crippen molar-refractivity contribution in [2.45, 2.75) is 26.7 Å². The molecule has 17 heavy (non-hydrogen) atoms. The fraction of sp³-hybridized carbons (Fsp3) is 0.462. The van der Waals surface area contributed by atoms with E-state index in [9.17, 15) is 9.59 Å². The first-order valence-electron chi connectivity index (χ1n) is 5.94. The van der Waals surface area contributed by atoms with Crippen molar-refractivity contribution in [3.8, 4) is 0 Å². The summed E-state index contributed by atoms with van der Waals surface area (Å²) in [4.78, 5) is 29.3. The molecule has 0 N–H and O–H groups in total. The molecule has 0 aromatic carbocycles. The molecule has 1 heterocycles. The maximum Gasteiger partial charge on any atom is 0.295 e. The minimum atomic E-state index is -0.472. The number of Topliss-reactive ketones (excluding diaryl/α,β-unsaturated/α-hetero) is 1. The Morgan fingerprint density at radius 3 is 2.35 bits per heavy atom. The number of hydrogen-bond donors (Lipinski definition) is 0. The molecule has 0 fully saturated rings. The van der Waals surface area contributed by atoms with E-state index in [-0.39, 0.29) is 0 Å². The molecule has 0 aliphatic heterocycles. The number of rotatable bonds is 6. The minimum Gasteiger partial charge on any atom is -0.336 e. The van der Waals surface area contributed by atoms with E-state index < -0.39 is 11.7 Å². The first-order chi connectivity index (χ1) is 8.20. The molecule has 0 spiro atoms.